The molecule has 0 amide bonds. The fourth-order valence-corrected chi connectivity index (χ4v) is 7.47. The van der Waals surface area contributed by atoms with Crippen molar-refractivity contribution in [1.82, 2.24) is 9.80 Å². The van der Waals surface area contributed by atoms with Crippen LogP contribution >= 0.6 is 0 Å². The van der Waals surface area contributed by atoms with E-state index in [0.717, 1.165) is 65.9 Å². The summed E-state index contributed by atoms with van der Waals surface area (Å²) in [5, 5.41) is 10.7. The molecule has 0 fully saturated rings. The Morgan fingerprint density at radius 3 is 2.22 bits per heavy atom. The third-order valence-electron chi connectivity index (χ3n) is 10.2. The highest BCUT2D eigenvalue weighted by atomic mass is 16.5. The highest BCUT2D eigenvalue weighted by molar-refractivity contribution is 5.63. The van der Waals surface area contributed by atoms with Gasteiger partial charge in [0.25, 0.3) is 0 Å². The summed E-state index contributed by atoms with van der Waals surface area (Å²) < 4.78 is 31.8. The monoisotopic (exact) mass is 662 g/mol. The van der Waals surface area contributed by atoms with Crippen molar-refractivity contribution in [1.29, 1.82) is 0 Å². The summed E-state index contributed by atoms with van der Waals surface area (Å²) in [5.41, 5.74) is 8.58. The van der Waals surface area contributed by atoms with Gasteiger partial charge in [-0.15, -0.1) is 0 Å². The number of likely N-dealkylation sites (N-methyl/N-ethyl adjacent to an activating group) is 2. The second kappa shape index (κ2) is 13.8. The van der Waals surface area contributed by atoms with E-state index in [0.29, 0.717) is 47.5 Å². The minimum Gasteiger partial charge on any atom is -0.493 e. The van der Waals surface area contributed by atoms with Crippen molar-refractivity contribution in [3.63, 3.8) is 0 Å². The molecule has 8 heteroatoms. The molecule has 49 heavy (non-hydrogen) atoms. The van der Waals surface area contributed by atoms with Crippen LogP contribution in [0.15, 0.2) is 72.8 Å². The Morgan fingerprint density at radius 2 is 1.51 bits per heavy atom. The summed E-state index contributed by atoms with van der Waals surface area (Å²) in [6, 6.07) is 21.0. The van der Waals surface area contributed by atoms with E-state index < -0.39 is 0 Å². The van der Waals surface area contributed by atoms with Crippen LogP contribution in [-0.4, -0.2) is 62.9 Å². The molecule has 4 aliphatic heterocycles. The maximum absolute atomic E-state index is 10.7. The molecule has 0 saturated heterocycles. The van der Waals surface area contributed by atoms with E-state index in [9.17, 15) is 5.11 Å². The summed E-state index contributed by atoms with van der Waals surface area (Å²) in [5.74, 6) is 4.50. The van der Waals surface area contributed by atoms with Crippen LogP contribution in [-0.2, 0) is 32.3 Å². The predicted molar refractivity (Wildman–Crippen MR) is 191 cm³/mol. The summed E-state index contributed by atoms with van der Waals surface area (Å²) >= 11 is 0. The fourth-order valence-electron chi connectivity index (χ4n) is 7.47. The SMILES string of the molecule is C=C(C)COc1c(OC)cc2c3c1Oc1cc4c(cc1CO)CCN(C)[C@H]4Cc1ccc(cc1)Oc1cc(ccc1OC)C[C@@H]3N(C)CC2. The Labute approximate surface area is 289 Å². The van der Waals surface area contributed by atoms with Gasteiger partial charge in [0, 0.05) is 36.3 Å². The normalized spacial score (nSPS) is 18.7. The molecule has 0 aliphatic carbocycles. The molecule has 1 N–H and O–H groups in total. The molecule has 0 spiro atoms. The lowest BCUT2D eigenvalue weighted by atomic mass is 9.86. The summed E-state index contributed by atoms with van der Waals surface area (Å²) in [4.78, 5) is 4.78. The highest BCUT2D eigenvalue weighted by Gasteiger charge is 2.35. The van der Waals surface area contributed by atoms with Crippen molar-refractivity contribution in [2.75, 3.05) is 48.0 Å². The molecule has 4 aliphatic rings. The van der Waals surface area contributed by atoms with Crippen LogP contribution in [0.2, 0.25) is 0 Å². The summed E-state index contributed by atoms with van der Waals surface area (Å²) in [7, 11) is 7.67. The second-order valence-electron chi connectivity index (χ2n) is 13.6. The van der Waals surface area contributed by atoms with Gasteiger partial charge in [0.15, 0.2) is 23.0 Å². The van der Waals surface area contributed by atoms with Crippen molar-refractivity contribution in [3.8, 4) is 40.2 Å². The van der Waals surface area contributed by atoms with E-state index in [-0.39, 0.29) is 18.7 Å². The quantitative estimate of drug-likeness (QED) is 0.212. The van der Waals surface area contributed by atoms with Gasteiger partial charge in [0.1, 0.15) is 18.1 Å². The maximum Gasteiger partial charge on any atom is 0.204 e. The summed E-state index contributed by atoms with van der Waals surface area (Å²) in [6.45, 7) is 8.00. The third kappa shape index (κ3) is 6.48. The number of hydrogen-bond acceptors (Lipinski definition) is 8. The average Bonchev–Trinajstić information content (AvgIpc) is 3.10. The average molecular weight is 663 g/mol. The van der Waals surface area contributed by atoms with Crippen LogP contribution < -0.4 is 23.7 Å². The molecule has 8 nitrogen and oxygen atoms in total. The van der Waals surface area contributed by atoms with Crippen molar-refractivity contribution in [2.45, 2.75) is 51.3 Å². The Hall–Kier alpha value is -4.50. The fraction of sp³-hybridized carbons (Fsp3) is 0.366. The molecule has 0 saturated carbocycles. The predicted octanol–water partition coefficient (Wildman–Crippen LogP) is 7.59. The molecule has 256 valence electrons. The molecule has 4 aromatic carbocycles. The number of rotatable bonds is 6. The second-order valence-corrected chi connectivity index (χ2v) is 13.6. The molecule has 2 atom stereocenters. The molecule has 0 radical (unpaired) electrons. The largest absolute Gasteiger partial charge is 0.493 e. The number of hydrogen-bond donors (Lipinski definition) is 1. The lowest BCUT2D eigenvalue weighted by Crippen LogP contribution is -2.34. The van der Waals surface area contributed by atoms with Crippen LogP contribution in [0.5, 0.6) is 40.2 Å². The first kappa shape index (κ1) is 33.0. The topological polar surface area (TPSA) is 72.9 Å². The minimum atomic E-state index is -0.142. The van der Waals surface area contributed by atoms with Crippen LogP contribution in [0.3, 0.4) is 0 Å². The number of nitrogens with zero attached hydrogens (tertiary/aromatic N) is 2. The standard InChI is InChI=1S/C41H46N2O6/c1-25(2)24-47-40-38(46-6)21-29-14-16-43(4)34-18-27-9-12-35(45-5)37(19-27)48-31-10-7-26(8-11-31)17-33-32-22-36(49-41(40)39(29)34)30(23-44)20-28(32)13-15-42(33)3/h7-12,19-22,33-34,44H,1,13-18,23-24H2,2-6H3/t33-,34-/m0/s1. The van der Waals surface area contributed by atoms with Crippen LogP contribution in [0.4, 0.5) is 0 Å². The molecular weight excluding hydrogens is 616 g/mol. The Morgan fingerprint density at radius 1 is 0.816 bits per heavy atom. The Balaban J connectivity index is 1.47. The van der Waals surface area contributed by atoms with E-state index in [4.69, 9.17) is 23.7 Å². The zero-order valence-corrected chi connectivity index (χ0v) is 29.2. The molecule has 4 heterocycles. The maximum atomic E-state index is 10.7. The zero-order chi connectivity index (χ0) is 34.2. The van der Waals surface area contributed by atoms with Crippen molar-refractivity contribution in [3.05, 3.63) is 112 Å². The van der Waals surface area contributed by atoms with E-state index in [1.807, 2.05) is 25.1 Å². The first-order valence-corrected chi connectivity index (χ1v) is 17.1. The minimum absolute atomic E-state index is 0.0506. The van der Waals surface area contributed by atoms with Gasteiger partial charge < -0.3 is 28.8 Å². The van der Waals surface area contributed by atoms with E-state index in [2.05, 4.69) is 72.9 Å². The lowest BCUT2D eigenvalue weighted by molar-refractivity contribution is 0.218. The molecule has 4 aromatic rings. The van der Waals surface area contributed by atoms with Gasteiger partial charge in [-0.1, -0.05) is 24.8 Å². The molecule has 0 aromatic heterocycles. The number of aliphatic hydroxyl groups excluding tert-OH is 1. The zero-order valence-electron chi connectivity index (χ0n) is 29.2. The number of methoxy groups -OCH3 is 2. The highest BCUT2D eigenvalue weighted by Crippen LogP contribution is 2.51. The first-order chi connectivity index (χ1) is 23.8. The van der Waals surface area contributed by atoms with Gasteiger partial charge in [-0.05, 0) is 123 Å². The van der Waals surface area contributed by atoms with Crippen molar-refractivity contribution in [2.24, 2.45) is 0 Å². The van der Waals surface area contributed by atoms with E-state index >= 15 is 0 Å². The molecule has 8 rings (SSSR count). The lowest BCUT2D eigenvalue weighted by Gasteiger charge is -2.37. The summed E-state index contributed by atoms with van der Waals surface area (Å²) in [6.07, 6.45) is 3.23. The Bertz CT molecular complexity index is 1870. The number of ether oxygens (including phenoxy) is 5. The van der Waals surface area contributed by atoms with Gasteiger partial charge in [0.05, 0.1) is 20.8 Å². The van der Waals surface area contributed by atoms with Crippen LogP contribution in [0.1, 0.15) is 58.0 Å². The van der Waals surface area contributed by atoms with E-state index in [1.54, 1.807) is 14.2 Å². The molecule has 6 bridgehead atoms. The van der Waals surface area contributed by atoms with Gasteiger partial charge >= 0.3 is 0 Å². The van der Waals surface area contributed by atoms with Gasteiger partial charge in [-0.2, -0.15) is 0 Å². The van der Waals surface area contributed by atoms with Crippen LogP contribution in [0, 0.1) is 0 Å². The number of fused-ring (bicyclic) bond motifs is 2. The van der Waals surface area contributed by atoms with Crippen LogP contribution in [0.25, 0.3) is 0 Å². The number of aliphatic hydroxyl groups is 1. The van der Waals surface area contributed by atoms with Gasteiger partial charge in [0.2, 0.25) is 5.75 Å². The molecule has 0 unspecified atom stereocenters. The van der Waals surface area contributed by atoms with Crippen molar-refractivity contribution >= 4 is 0 Å². The Kier molecular flexibility index (Phi) is 9.29. The van der Waals surface area contributed by atoms with E-state index in [1.165, 1.54) is 16.7 Å². The number of benzene rings is 4. The third-order valence-corrected chi connectivity index (χ3v) is 10.2. The molecular formula is C41H46N2O6. The van der Waals surface area contributed by atoms with Crippen molar-refractivity contribution < 1.29 is 28.8 Å². The smallest absolute Gasteiger partial charge is 0.204 e. The van der Waals surface area contributed by atoms with Gasteiger partial charge in [-0.3, -0.25) is 9.80 Å². The van der Waals surface area contributed by atoms with Gasteiger partial charge in [-0.25, -0.2) is 0 Å². The first-order valence-electron chi connectivity index (χ1n) is 17.1.